The Bertz CT molecular complexity index is 627. The van der Waals surface area contributed by atoms with Crippen molar-refractivity contribution in [3.05, 3.63) is 22.5 Å². The van der Waals surface area contributed by atoms with E-state index in [1.807, 2.05) is 37.2 Å². The monoisotopic (exact) mass is 348 g/mol. The number of carbonyl (C=O) groups is 2. The molecule has 140 valence electrons. The number of amides is 1. The van der Waals surface area contributed by atoms with Crippen molar-refractivity contribution in [3.8, 4) is 0 Å². The molecule has 0 spiro atoms. The van der Waals surface area contributed by atoms with Crippen LogP contribution >= 0.6 is 0 Å². The van der Waals surface area contributed by atoms with Gasteiger partial charge in [-0.05, 0) is 53.0 Å². The first-order valence-corrected chi connectivity index (χ1v) is 9.65. The second-order valence-corrected chi connectivity index (χ2v) is 6.78. The van der Waals surface area contributed by atoms with Crippen LogP contribution < -0.4 is 0 Å². The summed E-state index contributed by atoms with van der Waals surface area (Å²) in [6.07, 6.45) is 5.81. The molecular formula is C20H32N2O3. The highest BCUT2D eigenvalue weighted by atomic mass is 16.5. The molecule has 0 saturated heterocycles. The van der Waals surface area contributed by atoms with Crippen molar-refractivity contribution < 1.29 is 14.3 Å². The molecule has 1 saturated carbocycles. The average molecular weight is 348 g/mol. The van der Waals surface area contributed by atoms with Crippen LogP contribution in [0.5, 0.6) is 0 Å². The molecule has 1 aliphatic carbocycles. The van der Waals surface area contributed by atoms with Crippen LogP contribution in [0.25, 0.3) is 0 Å². The van der Waals surface area contributed by atoms with E-state index in [1.54, 1.807) is 6.92 Å². The Labute approximate surface area is 151 Å². The number of ether oxygens (including phenoxy) is 1. The highest BCUT2D eigenvalue weighted by Gasteiger charge is 2.31. The summed E-state index contributed by atoms with van der Waals surface area (Å²) in [5.41, 5.74) is 2.81. The number of rotatable bonds is 6. The predicted octanol–water partition coefficient (Wildman–Crippen LogP) is 4.10. The van der Waals surface area contributed by atoms with Crippen LogP contribution in [0.2, 0.25) is 0 Å². The van der Waals surface area contributed by atoms with Gasteiger partial charge in [0.1, 0.15) is 5.69 Å². The summed E-state index contributed by atoms with van der Waals surface area (Å²) in [4.78, 5) is 27.7. The van der Waals surface area contributed by atoms with Crippen molar-refractivity contribution in [2.75, 3.05) is 13.2 Å². The third kappa shape index (κ3) is 3.75. The molecule has 0 radical (unpaired) electrons. The summed E-state index contributed by atoms with van der Waals surface area (Å²) in [6, 6.07) is 0.320. The fourth-order valence-corrected chi connectivity index (χ4v) is 4.17. The zero-order valence-electron chi connectivity index (χ0n) is 16.4. The molecular weight excluding hydrogens is 316 g/mol. The summed E-state index contributed by atoms with van der Waals surface area (Å²) >= 11 is 0. The third-order valence-corrected chi connectivity index (χ3v) is 5.38. The van der Waals surface area contributed by atoms with Gasteiger partial charge in [-0.1, -0.05) is 19.3 Å². The molecule has 0 atom stereocenters. The highest BCUT2D eigenvalue weighted by molar-refractivity contribution is 6.01. The second kappa shape index (κ2) is 8.54. The highest BCUT2D eigenvalue weighted by Crippen LogP contribution is 2.28. The number of hydrogen-bond donors (Lipinski definition) is 0. The molecule has 5 nitrogen and oxygen atoms in total. The van der Waals surface area contributed by atoms with Gasteiger partial charge in [0.2, 0.25) is 0 Å². The maximum Gasteiger partial charge on any atom is 0.355 e. The van der Waals surface area contributed by atoms with Crippen LogP contribution in [0.15, 0.2) is 0 Å². The topological polar surface area (TPSA) is 51.5 Å². The quantitative estimate of drug-likeness (QED) is 0.727. The largest absolute Gasteiger partial charge is 0.461 e. The summed E-state index contributed by atoms with van der Waals surface area (Å²) < 4.78 is 7.13. The zero-order valence-corrected chi connectivity index (χ0v) is 16.4. The second-order valence-electron chi connectivity index (χ2n) is 6.78. The van der Waals surface area contributed by atoms with Gasteiger partial charge in [-0.2, -0.15) is 0 Å². The van der Waals surface area contributed by atoms with Gasteiger partial charge in [-0.15, -0.1) is 0 Å². The maximum atomic E-state index is 13.3. The number of carbonyl (C=O) groups excluding carboxylic acids is 2. The molecule has 25 heavy (non-hydrogen) atoms. The minimum absolute atomic E-state index is 0.0575. The lowest BCUT2D eigenvalue weighted by Gasteiger charge is -2.34. The third-order valence-electron chi connectivity index (χ3n) is 5.38. The smallest absolute Gasteiger partial charge is 0.355 e. The zero-order chi connectivity index (χ0) is 18.6. The maximum absolute atomic E-state index is 13.3. The Morgan fingerprint density at radius 3 is 2.28 bits per heavy atom. The lowest BCUT2D eigenvalue weighted by molar-refractivity contribution is 0.0512. The SMILES string of the molecule is CCOC(=O)c1c(C)c(C(=O)N(CC)C2CCCCC2)c(C)n1CC. The first-order chi connectivity index (χ1) is 12.0. The molecule has 1 aromatic heterocycles. The van der Waals surface area contributed by atoms with E-state index in [1.165, 1.54) is 19.3 Å². The Morgan fingerprint density at radius 2 is 1.76 bits per heavy atom. The van der Waals surface area contributed by atoms with E-state index in [9.17, 15) is 9.59 Å². The van der Waals surface area contributed by atoms with Crippen molar-refractivity contribution in [1.82, 2.24) is 9.47 Å². The first kappa shape index (κ1) is 19.5. The van der Waals surface area contributed by atoms with Crippen LogP contribution in [0.3, 0.4) is 0 Å². The molecule has 1 fully saturated rings. The fraction of sp³-hybridized carbons (Fsp3) is 0.700. The number of esters is 1. The van der Waals surface area contributed by atoms with Gasteiger partial charge in [0.25, 0.3) is 5.91 Å². The van der Waals surface area contributed by atoms with Gasteiger partial charge >= 0.3 is 5.97 Å². The Kier molecular flexibility index (Phi) is 6.68. The molecule has 1 aliphatic rings. The lowest BCUT2D eigenvalue weighted by atomic mass is 9.93. The van der Waals surface area contributed by atoms with Crippen molar-refractivity contribution in [2.24, 2.45) is 0 Å². The molecule has 0 unspecified atom stereocenters. The van der Waals surface area contributed by atoms with Crippen molar-refractivity contribution >= 4 is 11.9 Å². The molecule has 0 aromatic carbocycles. The molecule has 0 aliphatic heterocycles. The predicted molar refractivity (Wildman–Crippen MR) is 99.1 cm³/mol. The fourth-order valence-electron chi connectivity index (χ4n) is 4.17. The van der Waals surface area contributed by atoms with Crippen LogP contribution in [0, 0.1) is 13.8 Å². The Hall–Kier alpha value is -1.78. The normalized spacial score (nSPS) is 15.2. The van der Waals surface area contributed by atoms with Gasteiger partial charge in [-0.25, -0.2) is 4.79 Å². The number of hydrogen-bond acceptors (Lipinski definition) is 3. The molecule has 0 N–H and O–H groups in total. The lowest BCUT2D eigenvalue weighted by Crippen LogP contribution is -2.41. The van der Waals surface area contributed by atoms with E-state index < -0.39 is 0 Å². The molecule has 1 amide bonds. The van der Waals surface area contributed by atoms with E-state index in [0.29, 0.717) is 37.0 Å². The van der Waals surface area contributed by atoms with Crippen LogP contribution in [-0.2, 0) is 11.3 Å². The van der Waals surface area contributed by atoms with E-state index in [0.717, 1.165) is 24.1 Å². The molecule has 1 heterocycles. The standard InChI is InChI=1S/C20H32N2O3/c1-6-21-15(5)17(14(4)18(21)20(24)25-8-3)19(23)22(7-2)16-12-10-9-11-13-16/h16H,6-13H2,1-5H3. The van der Waals surface area contributed by atoms with E-state index in [4.69, 9.17) is 4.74 Å². The minimum atomic E-state index is -0.343. The van der Waals surface area contributed by atoms with Gasteiger partial charge in [0.15, 0.2) is 0 Å². The molecule has 1 aromatic rings. The summed E-state index contributed by atoms with van der Waals surface area (Å²) in [5.74, 6) is -0.285. The van der Waals surface area contributed by atoms with Crippen molar-refractivity contribution in [2.45, 2.75) is 79.3 Å². The van der Waals surface area contributed by atoms with Crippen LogP contribution in [0.4, 0.5) is 0 Å². The van der Waals surface area contributed by atoms with E-state index in [2.05, 4.69) is 0 Å². The van der Waals surface area contributed by atoms with Crippen molar-refractivity contribution in [1.29, 1.82) is 0 Å². The Balaban J connectivity index is 2.43. The summed E-state index contributed by atoms with van der Waals surface area (Å²) in [6.45, 7) is 11.3. The van der Waals surface area contributed by atoms with E-state index >= 15 is 0 Å². The van der Waals surface area contributed by atoms with Gasteiger partial charge < -0.3 is 14.2 Å². The Morgan fingerprint density at radius 1 is 1.12 bits per heavy atom. The average Bonchev–Trinajstić information content (AvgIpc) is 2.86. The first-order valence-electron chi connectivity index (χ1n) is 9.65. The van der Waals surface area contributed by atoms with Gasteiger partial charge in [-0.3, -0.25) is 4.79 Å². The summed E-state index contributed by atoms with van der Waals surface area (Å²) in [7, 11) is 0. The van der Waals surface area contributed by atoms with Crippen molar-refractivity contribution in [3.63, 3.8) is 0 Å². The van der Waals surface area contributed by atoms with Gasteiger partial charge in [0.05, 0.1) is 12.2 Å². The minimum Gasteiger partial charge on any atom is -0.461 e. The van der Waals surface area contributed by atoms with Crippen LogP contribution in [0.1, 0.15) is 85.0 Å². The molecule has 5 heteroatoms. The van der Waals surface area contributed by atoms with E-state index in [-0.39, 0.29) is 11.9 Å². The molecule has 2 rings (SSSR count). The molecule has 0 bridgehead atoms. The van der Waals surface area contributed by atoms with Crippen LogP contribution in [-0.4, -0.2) is 40.5 Å². The summed E-state index contributed by atoms with van der Waals surface area (Å²) in [5, 5.41) is 0. The number of nitrogens with zero attached hydrogens (tertiary/aromatic N) is 2. The number of aromatic nitrogens is 1. The van der Waals surface area contributed by atoms with Gasteiger partial charge in [0, 0.05) is 24.8 Å².